The van der Waals surface area contributed by atoms with Gasteiger partial charge in [-0.25, -0.2) is 0 Å². The van der Waals surface area contributed by atoms with E-state index in [9.17, 15) is 14.4 Å². The van der Waals surface area contributed by atoms with Crippen molar-refractivity contribution >= 4 is 58.3 Å². The van der Waals surface area contributed by atoms with Gasteiger partial charge in [0.05, 0.1) is 20.0 Å². The van der Waals surface area contributed by atoms with E-state index in [1.807, 2.05) is 29.6 Å². The van der Waals surface area contributed by atoms with Crippen molar-refractivity contribution in [1.82, 2.24) is 5.32 Å². The number of carbonyl (C=O) groups excluding carboxylic acids is 3. The van der Waals surface area contributed by atoms with Crippen molar-refractivity contribution in [3.8, 4) is 11.5 Å². The van der Waals surface area contributed by atoms with Gasteiger partial charge in [-0.2, -0.15) is 0 Å². The van der Waals surface area contributed by atoms with Crippen molar-refractivity contribution in [1.29, 1.82) is 0 Å². The summed E-state index contributed by atoms with van der Waals surface area (Å²) in [6, 6.07) is 24.7. The lowest BCUT2D eigenvalue weighted by molar-refractivity contribution is -0.114. The van der Waals surface area contributed by atoms with Crippen molar-refractivity contribution < 1.29 is 23.9 Å². The first kappa shape index (κ1) is 28.5. The molecule has 40 heavy (non-hydrogen) atoms. The topological polar surface area (TPSA) is 106 Å². The van der Waals surface area contributed by atoms with Crippen LogP contribution in [-0.2, 0) is 9.59 Å². The summed E-state index contributed by atoms with van der Waals surface area (Å²) >= 11 is 2.77. The Bertz CT molecular complexity index is 1480. The molecule has 1 heterocycles. The van der Waals surface area contributed by atoms with Gasteiger partial charge in [-0.15, -0.1) is 23.1 Å². The third-order valence-electron chi connectivity index (χ3n) is 5.46. The minimum absolute atomic E-state index is 0.113. The zero-order valence-electron chi connectivity index (χ0n) is 21.8. The van der Waals surface area contributed by atoms with Crippen LogP contribution in [0.2, 0.25) is 0 Å². The number of carbonyl (C=O) groups is 3. The Morgan fingerprint density at radius 2 is 1.57 bits per heavy atom. The fraction of sp³-hybridized carbons (Fsp3) is 0.100. The van der Waals surface area contributed by atoms with Crippen LogP contribution in [0.1, 0.15) is 15.2 Å². The minimum atomic E-state index is -0.468. The second-order valence-electron chi connectivity index (χ2n) is 8.31. The molecule has 0 saturated heterocycles. The third-order valence-corrected chi connectivity index (χ3v) is 7.27. The quantitative estimate of drug-likeness (QED) is 0.152. The molecule has 0 bridgehead atoms. The summed E-state index contributed by atoms with van der Waals surface area (Å²) in [5.74, 6) is 0.219. The second-order valence-corrected chi connectivity index (χ2v) is 10.3. The zero-order chi connectivity index (χ0) is 28.3. The molecule has 10 heteroatoms. The van der Waals surface area contributed by atoms with Gasteiger partial charge in [0.25, 0.3) is 11.8 Å². The summed E-state index contributed by atoms with van der Waals surface area (Å²) in [6.45, 7) is 0. The summed E-state index contributed by atoms with van der Waals surface area (Å²) < 4.78 is 10.5. The first-order chi connectivity index (χ1) is 19.4. The van der Waals surface area contributed by atoms with Crippen molar-refractivity contribution in [3.05, 3.63) is 106 Å². The molecular formula is C30H27N3O5S2. The van der Waals surface area contributed by atoms with Gasteiger partial charge in [0.1, 0.15) is 17.2 Å². The van der Waals surface area contributed by atoms with E-state index in [0.29, 0.717) is 28.4 Å². The van der Waals surface area contributed by atoms with E-state index in [0.717, 1.165) is 9.77 Å². The number of methoxy groups -OCH3 is 2. The number of amides is 3. The molecule has 0 atom stereocenters. The molecule has 3 amide bonds. The predicted octanol–water partition coefficient (Wildman–Crippen LogP) is 5.91. The Kier molecular flexibility index (Phi) is 9.98. The highest BCUT2D eigenvalue weighted by molar-refractivity contribution is 8.00. The van der Waals surface area contributed by atoms with E-state index in [2.05, 4.69) is 16.0 Å². The highest BCUT2D eigenvalue weighted by Crippen LogP contribution is 2.27. The fourth-order valence-electron chi connectivity index (χ4n) is 3.55. The summed E-state index contributed by atoms with van der Waals surface area (Å²) in [5, 5.41) is 10.3. The SMILES string of the molecule is COc1cc(NC(=O)CSc2cccc(NC(=O)/C(=C/c3cccs3)NC(=O)c3ccccc3)c2)cc(OC)c1. The van der Waals surface area contributed by atoms with E-state index >= 15 is 0 Å². The number of hydrogen-bond donors (Lipinski definition) is 3. The predicted molar refractivity (Wildman–Crippen MR) is 160 cm³/mol. The van der Waals surface area contributed by atoms with Crippen LogP contribution in [-0.4, -0.2) is 37.7 Å². The molecule has 1 aromatic heterocycles. The van der Waals surface area contributed by atoms with Crippen LogP contribution in [0.25, 0.3) is 6.08 Å². The van der Waals surface area contributed by atoms with Crippen LogP contribution in [0.15, 0.2) is 101 Å². The third kappa shape index (κ3) is 8.23. The van der Waals surface area contributed by atoms with Crippen molar-refractivity contribution in [2.75, 3.05) is 30.6 Å². The van der Waals surface area contributed by atoms with Gasteiger partial charge in [0.2, 0.25) is 5.91 Å². The number of benzene rings is 3. The monoisotopic (exact) mass is 573 g/mol. The lowest BCUT2D eigenvalue weighted by Crippen LogP contribution is -2.30. The molecule has 4 rings (SSSR count). The van der Waals surface area contributed by atoms with E-state index in [1.54, 1.807) is 81.0 Å². The number of thioether (sulfide) groups is 1. The van der Waals surface area contributed by atoms with Crippen LogP contribution in [0.5, 0.6) is 11.5 Å². The molecule has 204 valence electrons. The number of anilines is 2. The molecule has 0 saturated carbocycles. The average Bonchev–Trinajstić information content (AvgIpc) is 3.49. The van der Waals surface area contributed by atoms with Gasteiger partial charge >= 0.3 is 0 Å². The van der Waals surface area contributed by atoms with Crippen LogP contribution in [0.4, 0.5) is 11.4 Å². The van der Waals surface area contributed by atoms with Gasteiger partial charge < -0.3 is 25.4 Å². The van der Waals surface area contributed by atoms with Crippen molar-refractivity contribution in [2.45, 2.75) is 4.90 Å². The largest absolute Gasteiger partial charge is 0.497 e. The Morgan fingerprint density at radius 1 is 0.825 bits per heavy atom. The Hall–Kier alpha value is -4.54. The van der Waals surface area contributed by atoms with Gasteiger partial charge in [-0.05, 0) is 47.9 Å². The maximum atomic E-state index is 13.2. The van der Waals surface area contributed by atoms with Gasteiger partial charge in [0, 0.05) is 44.9 Å². The zero-order valence-corrected chi connectivity index (χ0v) is 23.4. The normalized spacial score (nSPS) is 10.9. The molecule has 0 aliphatic carbocycles. The van der Waals surface area contributed by atoms with E-state index < -0.39 is 5.91 Å². The van der Waals surface area contributed by atoms with Crippen LogP contribution < -0.4 is 25.4 Å². The number of ether oxygens (including phenoxy) is 2. The van der Waals surface area contributed by atoms with Crippen molar-refractivity contribution in [3.63, 3.8) is 0 Å². The van der Waals surface area contributed by atoms with Gasteiger partial charge in [0.15, 0.2) is 0 Å². The molecule has 0 fully saturated rings. The molecule has 0 radical (unpaired) electrons. The average molecular weight is 574 g/mol. The second kappa shape index (κ2) is 14.0. The molecule has 0 aliphatic heterocycles. The van der Waals surface area contributed by atoms with E-state index in [4.69, 9.17) is 9.47 Å². The van der Waals surface area contributed by atoms with Crippen LogP contribution in [0, 0.1) is 0 Å². The number of thiophene rings is 1. The lowest BCUT2D eigenvalue weighted by Gasteiger charge is -2.12. The van der Waals surface area contributed by atoms with Crippen LogP contribution in [0.3, 0.4) is 0 Å². The molecule has 4 aromatic rings. The summed E-state index contributed by atoms with van der Waals surface area (Å²) in [5.41, 5.74) is 1.64. The summed E-state index contributed by atoms with van der Waals surface area (Å²) in [7, 11) is 3.08. The standard InChI is InChI=1S/C30H27N3O5S2/c1-37-23-14-22(15-24(17-23)38-2)31-28(34)19-40-25-11-6-10-21(16-25)32-30(36)27(18-26-12-7-13-39-26)33-29(35)20-8-4-3-5-9-20/h3-18H,19H2,1-2H3,(H,31,34)(H,32,36)(H,33,35)/b27-18-. The summed E-state index contributed by atoms with van der Waals surface area (Å²) in [6.07, 6.45) is 1.64. The van der Waals surface area contributed by atoms with E-state index in [1.165, 1.54) is 23.1 Å². The maximum Gasteiger partial charge on any atom is 0.272 e. The van der Waals surface area contributed by atoms with Crippen molar-refractivity contribution in [2.24, 2.45) is 0 Å². The molecule has 0 spiro atoms. The molecular weight excluding hydrogens is 546 g/mol. The van der Waals surface area contributed by atoms with Gasteiger partial charge in [-0.3, -0.25) is 14.4 Å². The molecule has 0 aliphatic rings. The minimum Gasteiger partial charge on any atom is -0.497 e. The highest BCUT2D eigenvalue weighted by Gasteiger charge is 2.16. The number of nitrogens with one attached hydrogen (secondary N) is 3. The highest BCUT2D eigenvalue weighted by atomic mass is 32.2. The smallest absolute Gasteiger partial charge is 0.272 e. The van der Waals surface area contributed by atoms with Crippen LogP contribution >= 0.6 is 23.1 Å². The maximum absolute atomic E-state index is 13.2. The Balaban J connectivity index is 1.40. The lowest BCUT2D eigenvalue weighted by atomic mass is 10.2. The molecule has 3 aromatic carbocycles. The fourth-order valence-corrected chi connectivity index (χ4v) is 4.96. The van der Waals surface area contributed by atoms with Gasteiger partial charge in [-0.1, -0.05) is 30.3 Å². The molecule has 3 N–H and O–H groups in total. The Morgan fingerprint density at radius 3 is 2.25 bits per heavy atom. The number of hydrogen-bond acceptors (Lipinski definition) is 7. The Labute approximate surface area is 240 Å². The first-order valence-electron chi connectivity index (χ1n) is 12.1. The summed E-state index contributed by atoms with van der Waals surface area (Å²) in [4.78, 5) is 40.2. The molecule has 0 unspecified atom stereocenters. The van der Waals surface area contributed by atoms with E-state index in [-0.39, 0.29) is 23.3 Å². The molecule has 8 nitrogen and oxygen atoms in total. The number of rotatable bonds is 11. The first-order valence-corrected chi connectivity index (χ1v) is 14.0.